The van der Waals surface area contributed by atoms with Gasteiger partial charge in [-0.1, -0.05) is 11.6 Å². The molecule has 1 aromatic heterocycles. The van der Waals surface area contributed by atoms with Gasteiger partial charge in [0.15, 0.2) is 5.43 Å². The summed E-state index contributed by atoms with van der Waals surface area (Å²) in [7, 11) is 0. The largest absolute Gasteiger partial charge is 0.357 e. The molecule has 0 radical (unpaired) electrons. The minimum Gasteiger partial charge on any atom is -0.357 e. The van der Waals surface area contributed by atoms with Gasteiger partial charge in [-0.3, -0.25) is 4.79 Å². The number of hydrogen-bond donors (Lipinski definition) is 1. The number of hydrogen-bond acceptors (Lipinski definition) is 1. The van der Waals surface area contributed by atoms with Crippen LogP contribution in [0.3, 0.4) is 0 Å². The highest BCUT2D eigenvalue weighted by atomic mass is 79.9. The normalized spacial score (nSPS) is 10.8. The first kappa shape index (κ1) is 9.74. The lowest BCUT2D eigenvalue weighted by Gasteiger charge is -2.03. The molecule has 0 spiro atoms. The highest BCUT2D eigenvalue weighted by Crippen LogP contribution is 2.26. The van der Waals surface area contributed by atoms with E-state index in [-0.39, 0.29) is 5.43 Å². The van der Waals surface area contributed by atoms with E-state index in [1.54, 1.807) is 18.2 Å². The molecular formula is C10H7BrClNO. The molecule has 0 aliphatic heterocycles. The van der Waals surface area contributed by atoms with Crippen LogP contribution < -0.4 is 5.43 Å². The smallest absolute Gasteiger partial charge is 0.190 e. The molecule has 0 fully saturated rings. The highest BCUT2D eigenvalue weighted by Gasteiger charge is 2.07. The summed E-state index contributed by atoms with van der Waals surface area (Å²) in [4.78, 5) is 14.7. The number of aromatic nitrogens is 1. The third-order valence-electron chi connectivity index (χ3n) is 2.02. The van der Waals surface area contributed by atoms with Crippen LogP contribution in [0.4, 0.5) is 0 Å². The molecule has 0 saturated heterocycles. The Morgan fingerprint density at radius 1 is 1.43 bits per heavy atom. The number of pyridine rings is 1. The Balaban J connectivity index is 3.08. The Bertz CT molecular complexity index is 562. The van der Waals surface area contributed by atoms with E-state index in [1.807, 2.05) is 6.92 Å². The second-order valence-corrected chi connectivity index (χ2v) is 4.36. The van der Waals surface area contributed by atoms with E-state index < -0.39 is 0 Å². The molecule has 2 nitrogen and oxygen atoms in total. The molecular weight excluding hydrogens is 265 g/mol. The second-order valence-electron chi connectivity index (χ2n) is 3.10. The van der Waals surface area contributed by atoms with E-state index >= 15 is 0 Å². The molecule has 2 rings (SSSR count). The van der Waals surface area contributed by atoms with Gasteiger partial charge in [0.2, 0.25) is 0 Å². The maximum atomic E-state index is 11.7. The summed E-state index contributed by atoms with van der Waals surface area (Å²) < 4.78 is 0.762. The number of H-pyrrole nitrogens is 1. The van der Waals surface area contributed by atoms with Crippen molar-refractivity contribution in [2.24, 2.45) is 0 Å². The Kier molecular flexibility index (Phi) is 2.37. The van der Waals surface area contributed by atoms with Gasteiger partial charge in [0, 0.05) is 16.2 Å². The van der Waals surface area contributed by atoms with Gasteiger partial charge in [0.25, 0.3) is 0 Å². The summed E-state index contributed by atoms with van der Waals surface area (Å²) in [5.74, 6) is 0. The van der Waals surface area contributed by atoms with Crippen LogP contribution in [0.25, 0.3) is 10.9 Å². The standard InChI is InChI=1S/C10H7BrClNO/c1-5-4-8(14)9-6(11)2-3-7(12)10(9)13-5/h2-4H,1H3,(H,13,14). The molecule has 0 unspecified atom stereocenters. The van der Waals surface area contributed by atoms with Gasteiger partial charge in [-0.25, -0.2) is 0 Å². The van der Waals surface area contributed by atoms with Gasteiger partial charge in [-0.15, -0.1) is 0 Å². The van der Waals surface area contributed by atoms with E-state index in [2.05, 4.69) is 20.9 Å². The lowest BCUT2D eigenvalue weighted by Crippen LogP contribution is -2.03. The quantitative estimate of drug-likeness (QED) is 0.784. The SMILES string of the molecule is Cc1cc(=O)c2c(Br)ccc(Cl)c2[nH]1. The molecule has 2 aromatic rings. The van der Waals surface area contributed by atoms with Gasteiger partial charge < -0.3 is 4.98 Å². The Morgan fingerprint density at radius 2 is 2.14 bits per heavy atom. The second kappa shape index (κ2) is 3.41. The molecule has 1 N–H and O–H groups in total. The van der Waals surface area contributed by atoms with Crippen molar-refractivity contribution in [3.8, 4) is 0 Å². The van der Waals surface area contributed by atoms with E-state index in [0.717, 1.165) is 10.2 Å². The van der Waals surface area contributed by atoms with Crippen molar-refractivity contribution < 1.29 is 0 Å². The molecule has 0 saturated carbocycles. The Hall–Kier alpha value is -0.800. The van der Waals surface area contributed by atoms with Crippen molar-refractivity contribution >= 4 is 38.4 Å². The molecule has 0 atom stereocenters. The zero-order chi connectivity index (χ0) is 10.3. The van der Waals surface area contributed by atoms with Gasteiger partial charge in [-0.2, -0.15) is 0 Å². The monoisotopic (exact) mass is 271 g/mol. The summed E-state index contributed by atoms with van der Waals surface area (Å²) in [6.45, 7) is 1.83. The first-order chi connectivity index (χ1) is 6.59. The van der Waals surface area contributed by atoms with E-state index in [0.29, 0.717) is 15.9 Å². The molecule has 0 aliphatic carbocycles. The predicted octanol–water partition coefficient (Wildman–Crippen LogP) is 3.25. The van der Waals surface area contributed by atoms with E-state index in [9.17, 15) is 4.79 Å². The average Bonchev–Trinajstić information content (AvgIpc) is 2.10. The number of benzene rings is 1. The molecule has 1 heterocycles. The minimum atomic E-state index is -0.0226. The van der Waals surface area contributed by atoms with Gasteiger partial charge >= 0.3 is 0 Å². The van der Waals surface area contributed by atoms with Crippen molar-refractivity contribution in [1.82, 2.24) is 4.98 Å². The summed E-state index contributed by atoms with van der Waals surface area (Å²) in [6.07, 6.45) is 0. The van der Waals surface area contributed by atoms with Crippen LogP contribution in [0.2, 0.25) is 5.02 Å². The van der Waals surface area contributed by atoms with E-state index in [1.165, 1.54) is 0 Å². The fourth-order valence-electron chi connectivity index (χ4n) is 1.42. The Labute approximate surface area is 94.0 Å². The van der Waals surface area contributed by atoms with Crippen LogP contribution in [-0.4, -0.2) is 4.98 Å². The molecule has 14 heavy (non-hydrogen) atoms. The maximum Gasteiger partial charge on any atom is 0.190 e. The summed E-state index contributed by atoms with van der Waals surface area (Å²) >= 11 is 9.31. The van der Waals surface area contributed by atoms with Crippen LogP contribution in [0.5, 0.6) is 0 Å². The molecule has 0 aliphatic rings. The topological polar surface area (TPSA) is 32.9 Å². The third kappa shape index (κ3) is 1.47. The van der Waals surface area contributed by atoms with Crippen LogP contribution in [0, 0.1) is 6.92 Å². The first-order valence-corrected chi connectivity index (χ1v) is 5.24. The summed E-state index contributed by atoms with van der Waals surface area (Å²) in [5, 5.41) is 1.16. The van der Waals surface area contributed by atoms with Crippen LogP contribution in [0.1, 0.15) is 5.69 Å². The van der Waals surface area contributed by atoms with Crippen molar-refractivity contribution in [3.63, 3.8) is 0 Å². The van der Waals surface area contributed by atoms with Crippen molar-refractivity contribution in [2.75, 3.05) is 0 Å². The van der Waals surface area contributed by atoms with Crippen molar-refractivity contribution in [2.45, 2.75) is 6.92 Å². The molecule has 4 heteroatoms. The number of aryl methyl sites for hydroxylation is 1. The molecule has 0 amide bonds. The van der Waals surface area contributed by atoms with E-state index in [4.69, 9.17) is 11.6 Å². The first-order valence-electron chi connectivity index (χ1n) is 4.07. The van der Waals surface area contributed by atoms with Crippen LogP contribution in [-0.2, 0) is 0 Å². The zero-order valence-electron chi connectivity index (χ0n) is 7.40. The van der Waals surface area contributed by atoms with Crippen molar-refractivity contribution in [3.05, 3.63) is 43.6 Å². The third-order valence-corrected chi connectivity index (χ3v) is 3.00. The van der Waals surface area contributed by atoms with Gasteiger partial charge in [0.1, 0.15) is 0 Å². The van der Waals surface area contributed by atoms with Crippen LogP contribution >= 0.6 is 27.5 Å². The minimum absolute atomic E-state index is 0.0226. The van der Waals surface area contributed by atoms with Crippen LogP contribution in [0.15, 0.2) is 27.5 Å². The molecule has 0 bridgehead atoms. The number of nitrogens with one attached hydrogen (secondary N) is 1. The van der Waals surface area contributed by atoms with Gasteiger partial charge in [0.05, 0.1) is 15.9 Å². The summed E-state index contributed by atoms with van der Waals surface area (Å²) in [5.41, 5.74) is 1.47. The highest BCUT2D eigenvalue weighted by molar-refractivity contribution is 9.10. The molecule has 1 aromatic carbocycles. The molecule has 72 valence electrons. The zero-order valence-corrected chi connectivity index (χ0v) is 9.74. The maximum absolute atomic E-state index is 11.7. The number of fused-ring (bicyclic) bond motifs is 1. The average molecular weight is 273 g/mol. The number of halogens is 2. The van der Waals surface area contributed by atoms with Crippen molar-refractivity contribution in [1.29, 1.82) is 0 Å². The number of rotatable bonds is 0. The Morgan fingerprint density at radius 3 is 2.86 bits per heavy atom. The lowest BCUT2D eigenvalue weighted by atomic mass is 10.2. The number of aromatic amines is 1. The summed E-state index contributed by atoms with van der Waals surface area (Å²) in [6, 6.07) is 5.09. The predicted molar refractivity (Wildman–Crippen MR) is 62.0 cm³/mol. The fraction of sp³-hybridized carbons (Fsp3) is 0.100. The van der Waals surface area contributed by atoms with Gasteiger partial charge in [-0.05, 0) is 35.0 Å². The lowest BCUT2D eigenvalue weighted by molar-refractivity contribution is 1.24. The fourth-order valence-corrected chi connectivity index (χ4v) is 2.15.